The predicted octanol–water partition coefficient (Wildman–Crippen LogP) is 2.16. The molecule has 0 radical (unpaired) electrons. The zero-order valence-corrected chi connectivity index (χ0v) is 15.2. The predicted molar refractivity (Wildman–Crippen MR) is 105 cm³/mol. The zero-order chi connectivity index (χ0) is 20.0. The summed E-state index contributed by atoms with van der Waals surface area (Å²) >= 11 is 0. The van der Waals surface area contributed by atoms with Gasteiger partial charge in [-0.25, -0.2) is 19.6 Å². The number of rotatable bonds is 3. The van der Waals surface area contributed by atoms with Crippen molar-refractivity contribution in [1.82, 2.24) is 39.0 Å². The van der Waals surface area contributed by atoms with E-state index in [1.165, 1.54) is 4.57 Å². The zero-order valence-electron chi connectivity index (χ0n) is 15.2. The Morgan fingerprint density at radius 2 is 2.10 bits per heavy atom. The molecule has 140 valence electrons. The van der Waals surface area contributed by atoms with Gasteiger partial charge in [-0.05, 0) is 19.1 Å². The average molecular weight is 383 g/mol. The molecule has 0 saturated heterocycles. The SMILES string of the molecule is [C-]#[N+]c1ccc2ncn(-c3nc(C)c4[nH]c(=O)n(Cc5cnccn5)c4n3)c2c1. The molecule has 0 amide bonds. The maximum atomic E-state index is 12.5. The molecule has 0 unspecified atom stereocenters. The monoisotopic (exact) mass is 383 g/mol. The van der Waals surface area contributed by atoms with Crippen LogP contribution in [0.4, 0.5) is 5.69 Å². The first-order chi connectivity index (χ1) is 14.1. The highest BCUT2D eigenvalue weighted by molar-refractivity contribution is 5.81. The molecule has 0 aliphatic carbocycles. The summed E-state index contributed by atoms with van der Waals surface area (Å²) in [6.45, 7) is 9.27. The molecule has 0 aliphatic heterocycles. The minimum atomic E-state index is -0.300. The van der Waals surface area contributed by atoms with Gasteiger partial charge in [-0.1, -0.05) is 6.07 Å². The lowest BCUT2D eigenvalue weighted by atomic mass is 10.3. The maximum absolute atomic E-state index is 12.5. The van der Waals surface area contributed by atoms with E-state index in [1.807, 2.05) is 0 Å². The van der Waals surface area contributed by atoms with Crippen LogP contribution in [0, 0.1) is 13.5 Å². The molecule has 0 atom stereocenters. The summed E-state index contributed by atoms with van der Waals surface area (Å²) in [5.41, 5.74) is 3.94. The number of hydrogen-bond acceptors (Lipinski definition) is 6. The topological polar surface area (TPSA) is 112 Å². The summed E-state index contributed by atoms with van der Waals surface area (Å²) < 4.78 is 3.21. The number of nitrogens with one attached hydrogen (secondary N) is 1. The van der Waals surface area contributed by atoms with Crippen molar-refractivity contribution in [2.24, 2.45) is 0 Å². The molecule has 4 aromatic heterocycles. The summed E-state index contributed by atoms with van der Waals surface area (Å²) in [7, 11) is 0. The largest absolute Gasteiger partial charge is 0.328 e. The van der Waals surface area contributed by atoms with Crippen LogP contribution in [0.1, 0.15) is 11.4 Å². The van der Waals surface area contributed by atoms with Crippen LogP contribution in [0.3, 0.4) is 0 Å². The van der Waals surface area contributed by atoms with E-state index in [-0.39, 0.29) is 12.2 Å². The fraction of sp³-hybridized carbons (Fsp3) is 0.105. The second-order valence-corrected chi connectivity index (χ2v) is 6.42. The van der Waals surface area contributed by atoms with Crippen molar-refractivity contribution in [2.45, 2.75) is 13.5 Å². The van der Waals surface area contributed by atoms with Crippen molar-refractivity contribution in [3.05, 3.63) is 76.4 Å². The van der Waals surface area contributed by atoms with Crippen molar-refractivity contribution in [1.29, 1.82) is 0 Å². The highest BCUT2D eigenvalue weighted by Gasteiger charge is 2.16. The number of aromatic nitrogens is 8. The van der Waals surface area contributed by atoms with Crippen LogP contribution < -0.4 is 5.69 Å². The summed E-state index contributed by atoms with van der Waals surface area (Å²) in [6, 6.07) is 5.24. The van der Waals surface area contributed by atoms with E-state index >= 15 is 0 Å². The highest BCUT2D eigenvalue weighted by atomic mass is 16.1. The minimum absolute atomic E-state index is 0.231. The Balaban J connectivity index is 1.72. The Kier molecular flexibility index (Phi) is 3.67. The van der Waals surface area contributed by atoms with Crippen molar-refractivity contribution >= 4 is 27.9 Å². The fourth-order valence-corrected chi connectivity index (χ4v) is 3.21. The van der Waals surface area contributed by atoms with E-state index in [1.54, 1.807) is 54.6 Å². The molecule has 0 aliphatic rings. The van der Waals surface area contributed by atoms with Crippen LogP contribution in [0.15, 0.2) is 47.9 Å². The van der Waals surface area contributed by atoms with Crippen molar-refractivity contribution in [2.75, 3.05) is 0 Å². The minimum Gasteiger partial charge on any atom is -0.303 e. The molecule has 5 rings (SSSR count). The molecule has 0 fully saturated rings. The number of H-pyrrole nitrogens is 1. The number of nitrogens with zero attached hydrogens (tertiary/aromatic N) is 8. The van der Waals surface area contributed by atoms with E-state index < -0.39 is 0 Å². The maximum Gasteiger partial charge on any atom is 0.328 e. The number of aromatic amines is 1. The summed E-state index contributed by atoms with van der Waals surface area (Å²) in [5.74, 6) is 0.367. The lowest BCUT2D eigenvalue weighted by Gasteiger charge is -2.07. The second kappa shape index (κ2) is 6.35. The van der Waals surface area contributed by atoms with Gasteiger partial charge in [-0.3, -0.25) is 19.1 Å². The van der Waals surface area contributed by atoms with Gasteiger partial charge in [0.05, 0.1) is 41.7 Å². The molecule has 0 spiro atoms. The first kappa shape index (κ1) is 16.8. The fourth-order valence-electron chi connectivity index (χ4n) is 3.21. The summed E-state index contributed by atoms with van der Waals surface area (Å²) in [5, 5.41) is 0. The highest BCUT2D eigenvalue weighted by Crippen LogP contribution is 2.23. The van der Waals surface area contributed by atoms with Gasteiger partial charge in [0.25, 0.3) is 0 Å². The van der Waals surface area contributed by atoms with Gasteiger partial charge in [-0.15, -0.1) is 0 Å². The van der Waals surface area contributed by atoms with Crippen molar-refractivity contribution in [3.8, 4) is 5.95 Å². The van der Waals surface area contributed by atoms with Gasteiger partial charge in [0.15, 0.2) is 11.3 Å². The standard InChI is InChI=1S/C19H13N9O/c1-11-16-17(27(19(29)25-16)9-13-8-21-5-6-22-13)26-18(24-11)28-10-23-14-4-3-12(20-2)7-15(14)28/h3-8,10H,9H2,1H3,(H,25,29). The number of hydrogen-bond donors (Lipinski definition) is 1. The molecule has 4 heterocycles. The lowest BCUT2D eigenvalue weighted by molar-refractivity contribution is 0.749. The summed E-state index contributed by atoms with van der Waals surface area (Å²) in [4.78, 5) is 40.6. The van der Waals surface area contributed by atoms with Crippen molar-refractivity contribution < 1.29 is 0 Å². The molecule has 5 aromatic rings. The van der Waals surface area contributed by atoms with Gasteiger partial charge < -0.3 is 4.98 Å². The van der Waals surface area contributed by atoms with Gasteiger partial charge in [0.1, 0.15) is 11.8 Å². The Labute approximate surface area is 163 Å². The van der Waals surface area contributed by atoms with Gasteiger partial charge in [0, 0.05) is 12.4 Å². The Bertz CT molecular complexity index is 1470. The Morgan fingerprint density at radius 3 is 2.90 bits per heavy atom. The van der Waals surface area contributed by atoms with E-state index in [0.717, 1.165) is 11.0 Å². The van der Waals surface area contributed by atoms with Crippen LogP contribution >= 0.6 is 0 Å². The van der Waals surface area contributed by atoms with E-state index in [4.69, 9.17) is 6.57 Å². The van der Waals surface area contributed by atoms with Crippen LogP contribution in [0.2, 0.25) is 0 Å². The molecular formula is C19H13N9O. The second-order valence-electron chi connectivity index (χ2n) is 6.42. The molecule has 10 heteroatoms. The van der Waals surface area contributed by atoms with E-state index in [9.17, 15) is 4.79 Å². The first-order valence-corrected chi connectivity index (χ1v) is 8.71. The molecule has 1 aromatic carbocycles. The van der Waals surface area contributed by atoms with Crippen molar-refractivity contribution in [3.63, 3.8) is 0 Å². The van der Waals surface area contributed by atoms with Gasteiger partial charge >= 0.3 is 5.69 Å². The number of fused-ring (bicyclic) bond motifs is 2. The summed E-state index contributed by atoms with van der Waals surface area (Å²) in [6.07, 6.45) is 6.37. The third-order valence-electron chi connectivity index (χ3n) is 4.60. The molecule has 10 nitrogen and oxygen atoms in total. The molecule has 0 bridgehead atoms. The Hall–Kier alpha value is -4.39. The van der Waals surface area contributed by atoms with E-state index in [2.05, 4.69) is 34.7 Å². The third kappa shape index (κ3) is 2.72. The van der Waals surface area contributed by atoms with E-state index in [0.29, 0.717) is 34.2 Å². The molecule has 29 heavy (non-hydrogen) atoms. The quantitative estimate of drug-likeness (QED) is 0.478. The van der Waals surface area contributed by atoms with Gasteiger partial charge in [0.2, 0.25) is 5.95 Å². The molecular weight excluding hydrogens is 370 g/mol. The van der Waals surface area contributed by atoms with Crippen LogP contribution in [-0.4, -0.2) is 39.0 Å². The smallest absolute Gasteiger partial charge is 0.303 e. The lowest BCUT2D eigenvalue weighted by Crippen LogP contribution is -2.18. The number of benzene rings is 1. The van der Waals surface area contributed by atoms with Gasteiger partial charge in [-0.2, -0.15) is 4.98 Å². The first-order valence-electron chi connectivity index (χ1n) is 8.71. The average Bonchev–Trinajstić information content (AvgIpc) is 3.30. The molecule has 1 N–H and O–H groups in total. The molecule has 0 saturated carbocycles. The number of imidazole rings is 2. The van der Waals surface area contributed by atoms with Crippen LogP contribution in [0.5, 0.6) is 0 Å². The third-order valence-corrected chi connectivity index (χ3v) is 4.60. The van der Waals surface area contributed by atoms with Crippen LogP contribution in [0.25, 0.3) is 33.0 Å². The van der Waals surface area contributed by atoms with Crippen LogP contribution in [-0.2, 0) is 6.54 Å². The Morgan fingerprint density at radius 1 is 1.21 bits per heavy atom. The number of aryl methyl sites for hydroxylation is 1. The normalized spacial score (nSPS) is 11.2.